The minimum Gasteiger partial charge on any atom is -0.477 e. The van der Waals surface area contributed by atoms with E-state index >= 15 is 0 Å². The van der Waals surface area contributed by atoms with Crippen molar-refractivity contribution in [1.82, 2.24) is 9.78 Å². The fourth-order valence-corrected chi connectivity index (χ4v) is 3.17. The van der Waals surface area contributed by atoms with Crippen LogP contribution in [0.1, 0.15) is 20.9 Å². The number of methoxy groups -OCH3 is 1. The zero-order chi connectivity index (χ0) is 15.0. The van der Waals surface area contributed by atoms with Crippen LogP contribution in [-0.4, -0.2) is 28.0 Å². The molecule has 0 atom stereocenters. The lowest BCUT2D eigenvalue weighted by Crippen LogP contribution is -1.98. The van der Waals surface area contributed by atoms with Gasteiger partial charge in [-0.3, -0.25) is 0 Å². The maximum Gasteiger partial charge on any atom is 0.345 e. The number of hydrogen-bond donors (Lipinski definition) is 1. The van der Waals surface area contributed by atoms with Crippen LogP contribution in [0.25, 0.3) is 15.9 Å². The molecule has 2 aromatic heterocycles. The van der Waals surface area contributed by atoms with Crippen LogP contribution in [0.2, 0.25) is 0 Å². The number of aromatic carboxylic acids is 1. The van der Waals surface area contributed by atoms with Gasteiger partial charge in [0, 0.05) is 12.5 Å². The monoisotopic (exact) mass is 302 g/mol. The molecule has 0 amide bonds. The number of carboxylic acids is 1. The van der Waals surface area contributed by atoms with Crippen LogP contribution in [0.4, 0.5) is 0 Å². The summed E-state index contributed by atoms with van der Waals surface area (Å²) in [5.41, 5.74) is 2.82. The third-order valence-electron chi connectivity index (χ3n) is 3.21. The molecule has 0 saturated heterocycles. The number of hydrogen-bond acceptors (Lipinski definition) is 4. The van der Waals surface area contributed by atoms with Gasteiger partial charge in [-0.05, 0) is 25.1 Å². The molecule has 0 unspecified atom stereocenters. The number of thiophene rings is 1. The molecular formula is C15H14N2O3S. The van der Waals surface area contributed by atoms with E-state index in [1.165, 1.54) is 11.3 Å². The summed E-state index contributed by atoms with van der Waals surface area (Å²) >= 11 is 1.22. The molecule has 1 aromatic carbocycles. The van der Waals surface area contributed by atoms with Crippen LogP contribution in [-0.2, 0) is 11.3 Å². The van der Waals surface area contributed by atoms with Crippen molar-refractivity contribution in [1.29, 1.82) is 0 Å². The SMILES string of the molecule is COCc1nn(-c2ccc(C)cc2)c2sc(C(=O)O)cc12. The summed E-state index contributed by atoms with van der Waals surface area (Å²) < 4.78 is 6.93. The lowest BCUT2D eigenvalue weighted by Gasteiger charge is -2.02. The van der Waals surface area contributed by atoms with E-state index in [1.807, 2.05) is 31.2 Å². The molecule has 0 spiro atoms. The Morgan fingerprint density at radius 1 is 1.38 bits per heavy atom. The van der Waals surface area contributed by atoms with E-state index in [4.69, 9.17) is 4.74 Å². The lowest BCUT2D eigenvalue weighted by atomic mass is 10.2. The molecule has 2 heterocycles. The van der Waals surface area contributed by atoms with E-state index in [-0.39, 0.29) is 0 Å². The average Bonchev–Trinajstić information content (AvgIpc) is 3.01. The maximum absolute atomic E-state index is 11.2. The first-order valence-electron chi connectivity index (χ1n) is 6.41. The van der Waals surface area contributed by atoms with E-state index in [0.29, 0.717) is 11.5 Å². The fourth-order valence-electron chi connectivity index (χ4n) is 2.18. The molecule has 21 heavy (non-hydrogen) atoms. The van der Waals surface area contributed by atoms with Crippen molar-refractivity contribution in [2.75, 3.05) is 7.11 Å². The van der Waals surface area contributed by atoms with Crippen molar-refractivity contribution in [3.05, 3.63) is 46.5 Å². The van der Waals surface area contributed by atoms with Gasteiger partial charge in [-0.25, -0.2) is 9.48 Å². The van der Waals surface area contributed by atoms with E-state index in [1.54, 1.807) is 17.9 Å². The summed E-state index contributed by atoms with van der Waals surface area (Å²) in [6.07, 6.45) is 0. The van der Waals surface area contributed by atoms with Crippen LogP contribution >= 0.6 is 11.3 Å². The highest BCUT2D eigenvalue weighted by Crippen LogP contribution is 2.31. The van der Waals surface area contributed by atoms with Gasteiger partial charge in [0.2, 0.25) is 0 Å². The predicted molar refractivity (Wildman–Crippen MR) is 81.4 cm³/mol. The second-order valence-electron chi connectivity index (χ2n) is 4.76. The topological polar surface area (TPSA) is 64.4 Å². The van der Waals surface area contributed by atoms with E-state index in [2.05, 4.69) is 5.10 Å². The Morgan fingerprint density at radius 3 is 2.71 bits per heavy atom. The van der Waals surface area contributed by atoms with Crippen molar-refractivity contribution >= 4 is 27.5 Å². The predicted octanol–water partition coefficient (Wildman–Crippen LogP) is 3.24. The first kappa shape index (κ1) is 13.8. The van der Waals surface area contributed by atoms with Crippen molar-refractivity contribution < 1.29 is 14.6 Å². The van der Waals surface area contributed by atoms with Crippen molar-refractivity contribution in [2.24, 2.45) is 0 Å². The van der Waals surface area contributed by atoms with Gasteiger partial charge >= 0.3 is 5.97 Å². The molecule has 3 aromatic rings. The molecule has 6 heteroatoms. The Bertz CT molecular complexity index is 802. The van der Waals surface area contributed by atoms with Crippen LogP contribution in [0.3, 0.4) is 0 Å². The molecule has 1 N–H and O–H groups in total. The van der Waals surface area contributed by atoms with Crippen molar-refractivity contribution in [3.63, 3.8) is 0 Å². The van der Waals surface area contributed by atoms with Crippen LogP contribution in [0.5, 0.6) is 0 Å². The van der Waals surface area contributed by atoms with Crippen LogP contribution < -0.4 is 0 Å². The number of ether oxygens (including phenoxy) is 1. The van der Waals surface area contributed by atoms with Crippen LogP contribution in [0.15, 0.2) is 30.3 Å². The van der Waals surface area contributed by atoms with Gasteiger partial charge in [0.25, 0.3) is 0 Å². The second kappa shape index (κ2) is 5.31. The van der Waals surface area contributed by atoms with Gasteiger partial charge in [-0.15, -0.1) is 11.3 Å². The lowest BCUT2D eigenvalue weighted by molar-refractivity contribution is 0.0702. The Kier molecular flexibility index (Phi) is 3.48. The summed E-state index contributed by atoms with van der Waals surface area (Å²) in [5, 5.41) is 14.6. The highest BCUT2D eigenvalue weighted by Gasteiger charge is 2.18. The summed E-state index contributed by atoms with van der Waals surface area (Å²) in [6.45, 7) is 2.37. The fraction of sp³-hybridized carbons (Fsp3) is 0.200. The number of carbonyl (C=O) groups is 1. The van der Waals surface area contributed by atoms with Gasteiger partial charge in [-0.2, -0.15) is 5.10 Å². The highest BCUT2D eigenvalue weighted by molar-refractivity contribution is 7.20. The Balaban J connectivity index is 2.21. The normalized spacial score (nSPS) is 11.1. The standard InChI is InChI=1S/C15H14N2O3S/c1-9-3-5-10(6-4-9)17-14-11(12(16-17)8-20-2)7-13(21-14)15(18)19/h3-7H,8H2,1-2H3,(H,18,19). The summed E-state index contributed by atoms with van der Waals surface area (Å²) in [4.78, 5) is 12.3. The van der Waals surface area contributed by atoms with Crippen LogP contribution in [0, 0.1) is 6.92 Å². The quantitative estimate of drug-likeness (QED) is 0.803. The number of aromatic nitrogens is 2. The first-order valence-corrected chi connectivity index (χ1v) is 7.22. The Labute approximate surface area is 125 Å². The van der Waals surface area contributed by atoms with Gasteiger partial charge in [0.1, 0.15) is 9.71 Å². The molecule has 0 aliphatic heterocycles. The zero-order valence-electron chi connectivity index (χ0n) is 11.7. The van der Waals surface area contributed by atoms with Gasteiger partial charge in [-0.1, -0.05) is 17.7 Å². The summed E-state index contributed by atoms with van der Waals surface area (Å²) in [6, 6.07) is 9.61. The van der Waals surface area contributed by atoms with E-state index in [0.717, 1.165) is 27.2 Å². The van der Waals surface area contributed by atoms with E-state index in [9.17, 15) is 9.90 Å². The molecule has 0 aliphatic carbocycles. The third-order valence-corrected chi connectivity index (χ3v) is 4.31. The van der Waals surface area contributed by atoms with Crippen molar-refractivity contribution in [2.45, 2.75) is 13.5 Å². The molecule has 3 rings (SSSR count). The number of rotatable bonds is 4. The first-order chi connectivity index (χ1) is 10.1. The Morgan fingerprint density at radius 2 is 2.10 bits per heavy atom. The van der Waals surface area contributed by atoms with Gasteiger partial charge in [0.05, 0.1) is 18.0 Å². The number of nitrogens with zero attached hydrogens (tertiary/aromatic N) is 2. The summed E-state index contributed by atoms with van der Waals surface area (Å²) in [5.74, 6) is -0.921. The second-order valence-corrected chi connectivity index (χ2v) is 5.79. The van der Waals surface area contributed by atoms with Gasteiger partial charge < -0.3 is 9.84 Å². The number of benzene rings is 1. The maximum atomic E-state index is 11.2. The molecule has 0 fully saturated rings. The minimum atomic E-state index is -0.921. The smallest absolute Gasteiger partial charge is 0.345 e. The highest BCUT2D eigenvalue weighted by atomic mass is 32.1. The third kappa shape index (κ3) is 2.43. The Hall–Kier alpha value is -2.18. The summed E-state index contributed by atoms with van der Waals surface area (Å²) in [7, 11) is 1.60. The molecule has 0 bridgehead atoms. The zero-order valence-corrected chi connectivity index (χ0v) is 12.5. The minimum absolute atomic E-state index is 0.306. The molecule has 0 saturated carbocycles. The molecule has 108 valence electrons. The van der Waals surface area contributed by atoms with Gasteiger partial charge in [0.15, 0.2) is 0 Å². The largest absolute Gasteiger partial charge is 0.477 e. The number of aryl methyl sites for hydroxylation is 1. The van der Waals surface area contributed by atoms with Crippen molar-refractivity contribution in [3.8, 4) is 5.69 Å². The average molecular weight is 302 g/mol. The molecule has 5 nitrogen and oxygen atoms in total. The number of carboxylic acid groups (broad SMARTS) is 1. The number of fused-ring (bicyclic) bond motifs is 1. The van der Waals surface area contributed by atoms with E-state index < -0.39 is 5.97 Å². The molecular weight excluding hydrogens is 288 g/mol. The molecule has 0 radical (unpaired) electrons. The molecule has 0 aliphatic rings.